The molecule has 184 valence electrons. The van der Waals surface area contributed by atoms with Gasteiger partial charge >= 0.3 is 0 Å². The standard InChI is InChI=1S/C28H28N4O4/c1-30(2)21-7-4-19(5-8-21)25-24(27(34)28(35)32(25)17-18-10-12-29-13-11-18)26(33)20-6-9-23-22(16-20)31(3)14-15-36-23/h4-13,16,25,33H,14-15,17H2,1-3H3/b26-24-. The Kier molecular flexibility index (Phi) is 6.10. The summed E-state index contributed by atoms with van der Waals surface area (Å²) in [5.74, 6) is -0.831. The van der Waals surface area contributed by atoms with E-state index in [1.54, 1.807) is 30.6 Å². The maximum absolute atomic E-state index is 13.4. The lowest BCUT2D eigenvalue weighted by Crippen LogP contribution is -2.29. The number of aromatic nitrogens is 1. The van der Waals surface area contributed by atoms with E-state index in [9.17, 15) is 14.7 Å². The third kappa shape index (κ3) is 4.15. The number of ether oxygens (including phenoxy) is 1. The van der Waals surface area contributed by atoms with Crippen molar-refractivity contribution in [3.05, 3.63) is 89.3 Å². The van der Waals surface area contributed by atoms with Gasteiger partial charge in [0.05, 0.1) is 23.8 Å². The van der Waals surface area contributed by atoms with E-state index in [-0.39, 0.29) is 17.9 Å². The number of carbonyl (C=O) groups excluding carboxylic acids is 2. The van der Waals surface area contributed by atoms with Gasteiger partial charge in [-0.2, -0.15) is 0 Å². The van der Waals surface area contributed by atoms with Crippen molar-refractivity contribution in [1.82, 2.24) is 9.88 Å². The molecule has 1 fully saturated rings. The molecule has 1 unspecified atom stereocenters. The topological polar surface area (TPSA) is 86.2 Å². The summed E-state index contributed by atoms with van der Waals surface area (Å²) in [6.45, 7) is 1.51. The lowest BCUT2D eigenvalue weighted by molar-refractivity contribution is -0.140. The number of likely N-dealkylation sites (N-methyl/N-ethyl adjacent to an activating group) is 1. The first-order valence-electron chi connectivity index (χ1n) is 11.8. The number of Topliss-reactive ketones (excluding diaryl/α,β-unsaturated/α-hetero) is 1. The molecule has 1 atom stereocenters. The SMILES string of the molecule is CN(C)c1ccc(C2/C(=C(/O)c3ccc4c(c3)N(C)CCO4)C(=O)C(=O)N2Cc2ccncc2)cc1. The number of rotatable bonds is 5. The summed E-state index contributed by atoms with van der Waals surface area (Å²) < 4.78 is 5.72. The van der Waals surface area contributed by atoms with Crippen molar-refractivity contribution in [2.75, 3.05) is 44.1 Å². The van der Waals surface area contributed by atoms with Gasteiger partial charge in [0.25, 0.3) is 11.7 Å². The zero-order chi connectivity index (χ0) is 25.4. The average Bonchev–Trinajstić information content (AvgIpc) is 3.14. The van der Waals surface area contributed by atoms with Crippen molar-refractivity contribution in [3.63, 3.8) is 0 Å². The second kappa shape index (κ2) is 9.37. The summed E-state index contributed by atoms with van der Waals surface area (Å²) in [5, 5.41) is 11.5. The molecule has 0 aliphatic carbocycles. The molecule has 1 saturated heterocycles. The summed E-state index contributed by atoms with van der Waals surface area (Å²) in [4.78, 5) is 36.2. The fourth-order valence-corrected chi connectivity index (χ4v) is 4.68. The minimum atomic E-state index is -0.737. The number of hydrogen-bond acceptors (Lipinski definition) is 7. The van der Waals surface area contributed by atoms with E-state index < -0.39 is 17.7 Å². The minimum Gasteiger partial charge on any atom is -0.507 e. The monoisotopic (exact) mass is 484 g/mol. The van der Waals surface area contributed by atoms with Gasteiger partial charge in [0.15, 0.2) is 0 Å². The van der Waals surface area contributed by atoms with Crippen LogP contribution in [0.15, 0.2) is 72.6 Å². The molecule has 3 heterocycles. The highest BCUT2D eigenvalue weighted by molar-refractivity contribution is 6.46. The van der Waals surface area contributed by atoms with Gasteiger partial charge in [0.1, 0.15) is 18.1 Å². The first-order valence-corrected chi connectivity index (χ1v) is 11.8. The Labute approximate surface area is 210 Å². The Morgan fingerprint density at radius 2 is 1.81 bits per heavy atom. The quantitative estimate of drug-likeness (QED) is 0.336. The summed E-state index contributed by atoms with van der Waals surface area (Å²) in [7, 11) is 5.84. The molecular weight excluding hydrogens is 456 g/mol. The van der Waals surface area contributed by atoms with Gasteiger partial charge in [0.2, 0.25) is 0 Å². The summed E-state index contributed by atoms with van der Waals surface area (Å²) in [6, 6.07) is 15.9. The molecule has 1 amide bonds. The third-order valence-electron chi connectivity index (χ3n) is 6.70. The first kappa shape index (κ1) is 23.4. The molecule has 1 aromatic heterocycles. The molecule has 3 aromatic rings. The second-order valence-corrected chi connectivity index (χ2v) is 9.22. The van der Waals surface area contributed by atoms with Crippen molar-refractivity contribution in [2.24, 2.45) is 0 Å². The number of ketones is 1. The van der Waals surface area contributed by atoms with Gasteiger partial charge in [-0.15, -0.1) is 0 Å². The van der Waals surface area contributed by atoms with Crippen LogP contribution in [0, 0.1) is 0 Å². The fourth-order valence-electron chi connectivity index (χ4n) is 4.68. The number of likely N-dealkylation sites (tertiary alicyclic amines) is 1. The van der Waals surface area contributed by atoms with Crippen molar-refractivity contribution >= 4 is 28.8 Å². The molecular formula is C28H28N4O4. The number of carbonyl (C=O) groups is 2. The Hall–Kier alpha value is -4.33. The smallest absolute Gasteiger partial charge is 0.295 e. The molecule has 8 nitrogen and oxygen atoms in total. The van der Waals surface area contributed by atoms with Gasteiger partial charge in [-0.05, 0) is 53.6 Å². The second-order valence-electron chi connectivity index (χ2n) is 9.22. The van der Waals surface area contributed by atoms with E-state index in [0.29, 0.717) is 24.5 Å². The number of benzene rings is 2. The van der Waals surface area contributed by atoms with Crippen LogP contribution in [0.3, 0.4) is 0 Å². The number of aliphatic hydroxyl groups excluding tert-OH is 1. The van der Waals surface area contributed by atoms with Crippen LogP contribution in [0.4, 0.5) is 11.4 Å². The van der Waals surface area contributed by atoms with Crippen LogP contribution in [0.2, 0.25) is 0 Å². The summed E-state index contributed by atoms with van der Waals surface area (Å²) in [5.41, 5.74) is 3.93. The Morgan fingerprint density at radius 1 is 1.08 bits per heavy atom. The minimum absolute atomic E-state index is 0.0750. The molecule has 8 heteroatoms. The maximum atomic E-state index is 13.4. The predicted octanol–water partition coefficient (Wildman–Crippen LogP) is 3.60. The number of aliphatic hydroxyl groups is 1. The van der Waals surface area contributed by atoms with Crippen LogP contribution in [-0.4, -0.2) is 61.0 Å². The number of fused-ring (bicyclic) bond motifs is 1. The van der Waals surface area contributed by atoms with Gasteiger partial charge < -0.3 is 24.5 Å². The van der Waals surface area contributed by atoms with Crippen LogP contribution >= 0.6 is 0 Å². The molecule has 2 aliphatic heterocycles. The molecule has 2 aromatic carbocycles. The van der Waals surface area contributed by atoms with E-state index in [2.05, 4.69) is 4.98 Å². The number of pyridine rings is 1. The molecule has 5 rings (SSSR count). The van der Waals surface area contributed by atoms with Crippen LogP contribution in [0.1, 0.15) is 22.7 Å². The molecule has 0 radical (unpaired) electrons. The average molecular weight is 485 g/mol. The Morgan fingerprint density at radius 3 is 2.50 bits per heavy atom. The predicted molar refractivity (Wildman–Crippen MR) is 138 cm³/mol. The normalized spacial score (nSPS) is 18.7. The van der Waals surface area contributed by atoms with Crippen molar-refractivity contribution in [2.45, 2.75) is 12.6 Å². The fraction of sp³-hybridized carbons (Fsp3) is 0.250. The van der Waals surface area contributed by atoms with Gasteiger partial charge in [-0.25, -0.2) is 0 Å². The number of amides is 1. The van der Waals surface area contributed by atoms with Gasteiger partial charge in [0, 0.05) is 51.3 Å². The van der Waals surface area contributed by atoms with E-state index in [1.165, 1.54) is 4.90 Å². The molecule has 0 saturated carbocycles. The summed E-state index contributed by atoms with van der Waals surface area (Å²) in [6.07, 6.45) is 3.30. The van der Waals surface area contributed by atoms with E-state index in [0.717, 1.165) is 22.5 Å². The van der Waals surface area contributed by atoms with E-state index in [4.69, 9.17) is 4.74 Å². The molecule has 0 spiro atoms. The third-order valence-corrected chi connectivity index (χ3v) is 6.70. The highest BCUT2D eigenvalue weighted by Gasteiger charge is 2.46. The highest BCUT2D eigenvalue weighted by Crippen LogP contribution is 2.42. The van der Waals surface area contributed by atoms with Crippen molar-refractivity contribution in [3.8, 4) is 5.75 Å². The molecule has 1 N–H and O–H groups in total. The van der Waals surface area contributed by atoms with Crippen molar-refractivity contribution < 1.29 is 19.4 Å². The van der Waals surface area contributed by atoms with E-state index >= 15 is 0 Å². The number of hydrogen-bond donors (Lipinski definition) is 1. The van der Waals surface area contributed by atoms with Gasteiger partial charge in [-0.3, -0.25) is 14.6 Å². The van der Waals surface area contributed by atoms with Crippen LogP contribution in [0.5, 0.6) is 5.75 Å². The van der Waals surface area contributed by atoms with E-state index in [1.807, 2.05) is 67.3 Å². The Balaban J connectivity index is 1.63. The van der Waals surface area contributed by atoms with Gasteiger partial charge in [-0.1, -0.05) is 12.1 Å². The lowest BCUT2D eigenvalue weighted by Gasteiger charge is -2.28. The molecule has 2 aliphatic rings. The highest BCUT2D eigenvalue weighted by atomic mass is 16.5. The van der Waals surface area contributed by atoms with Crippen molar-refractivity contribution in [1.29, 1.82) is 0 Å². The zero-order valence-electron chi connectivity index (χ0n) is 20.5. The molecule has 0 bridgehead atoms. The number of anilines is 2. The number of nitrogens with zero attached hydrogens (tertiary/aromatic N) is 4. The lowest BCUT2D eigenvalue weighted by atomic mass is 9.94. The largest absolute Gasteiger partial charge is 0.507 e. The van der Waals surface area contributed by atoms with Crippen LogP contribution < -0.4 is 14.5 Å². The summed E-state index contributed by atoms with van der Waals surface area (Å²) >= 11 is 0. The zero-order valence-corrected chi connectivity index (χ0v) is 20.5. The van der Waals surface area contributed by atoms with Crippen LogP contribution in [-0.2, 0) is 16.1 Å². The first-order chi connectivity index (χ1) is 17.3. The maximum Gasteiger partial charge on any atom is 0.295 e. The molecule has 36 heavy (non-hydrogen) atoms. The Bertz CT molecular complexity index is 1340. The van der Waals surface area contributed by atoms with Crippen LogP contribution in [0.25, 0.3) is 5.76 Å².